The highest BCUT2D eigenvalue weighted by molar-refractivity contribution is 7.92. The van der Waals surface area contributed by atoms with Gasteiger partial charge in [0.15, 0.2) is 9.84 Å². The van der Waals surface area contributed by atoms with Crippen LogP contribution in [0.4, 0.5) is 5.69 Å². The maximum atomic E-state index is 12.5. The lowest BCUT2D eigenvalue weighted by Crippen LogP contribution is -2.35. The van der Waals surface area contributed by atoms with E-state index in [1.807, 2.05) is 0 Å². The van der Waals surface area contributed by atoms with Gasteiger partial charge in [-0.3, -0.25) is 9.59 Å². The van der Waals surface area contributed by atoms with E-state index in [9.17, 15) is 18.0 Å². The highest BCUT2D eigenvalue weighted by Crippen LogP contribution is 2.27. The second kappa shape index (κ2) is 5.96. The van der Waals surface area contributed by atoms with Crippen LogP contribution in [-0.2, 0) is 25.2 Å². The summed E-state index contributed by atoms with van der Waals surface area (Å²) in [5.41, 5.74) is 1.01. The van der Waals surface area contributed by atoms with E-state index in [0.717, 1.165) is 4.90 Å². The third kappa shape index (κ3) is 3.03. The summed E-state index contributed by atoms with van der Waals surface area (Å²) >= 11 is 0. The standard InChI is InChI=1S/C17H15NO4S/c19-16-11-15(17(20)18(16)14-9-5-2-6-10-14)23(21,22)12-13-7-3-1-4-8-13/h1-10,15H,11-12H2. The number of carbonyl (C=O) groups excluding carboxylic acids is 2. The molecule has 0 saturated carbocycles. The van der Waals surface area contributed by atoms with Gasteiger partial charge in [-0.2, -0.15) is 0 Å². The van der Waals surface area contributed by atoms with Crippen LogP contribution < -0.4 is 4.90 Å². The van der Waals surface area contributed by atoms with Crippen molar-refractivity contribution in [2.75, 3.05) is 4.90 Å². The second-order valence-electron chi connectivity index (χ2n) is 5.39. The van der Waals surface area contributed by atoms with Crippen LogP contribution in [0.15, 0.2) is 60.7 Å². The van der Waals surface area contributed by atoms with Crippen molar-refractivity contribution in [1.82, 2.24) is 0 Å². The van der Waals surface area contributed by atoms with Crippen LogP contribution >= 0.6 is 0 Å². The molecule has 3 rings (SSSR count). The minimum Gasteiger partial charge on any atom is -0.274 e. The van der Waals surface area contributed by atoms with Crippen molar-refractivity contribution in [3.8, 4) is 0 Å². The molecule has 1 atom stereocenters. The van der Waals surface area contributed by atoms with Crippen molar-refractivity contribution in [3.63, 3.8) is 0 Å². The zero-order chi connectivity index (χ0) is 16.4. The van der Waals surface area contributed by atoms with E-state index < -0.39 is 26.9 Å². The molecule has 23 heavy (non-hydrogen) atoms. The summed E-state index contributed by atoms with van der Waals surface area (Å²) in [6.45, 7) is 0. The van der Waals surface area contributed by atoms with E-state index in [-0.39, 0.29) is 12.2 Å². The molecule has 0 bridgehead atoms. The van der Waals surface area contributed by atoms with Crippen LogP contribution in [0.2, 0.25) is 0 Å². The van der Waals surface area contributed by atoms with Gasteiger partial charge in [0.2, 0.25) is 5.91 Å². The summed E-state index contributed by atoms with van der Waals surface area (Å²) in [4.78, 5) is 25.6. The minimum absolute atomic E-state index is 0.250. The summed E-state index contributed by atoms with van der Waals surface area (Å²) < 4.78 is 25.1. The first-order valence-electron chi connectivity index (χ1n) is 7.16. The first kappa shape index (κ1) is 15.4. The molecule has 6 heteroatoms. The smallest absolute Gasteiger partial charge is 0.252 e. The molecule has 1 aliphatic rings. The number of nitrogens with zero attached hydrogens (tertiary/aromatic N) is 1. The zero-order valence-electron chi connectivity index (χ0n) is 12.3. The fourth-order valence-corrected chi connectivity index (χ4v) is 4.31. The molecule has 0 N–H and O–H groups in total. The van der Waals surface area contributed by atoms with E-state index in [2.05, 4.69) is 0 Å². The van der Waals surface area contributed by atoms with Gasteiger partial charge in [0.05, 0.1) is 17.9 Å². The highest BCUT2D eigenvalue weighted by atomic mass is 32.2. The molecule has 1 fully saturated rings. The third-order valence-corrected chi connectivity index (χ3v) is 5.73. The number of rotatable bonds is 4. The highest BCUT2D eigenvalue weighted by Gasteiger charge is 2.46. The van der Waals surface area contributed by atoms with Crippen molar-refractivity contribution in [2.24, 2.45) is 0 Å². The predicted octanol–water partition coefficient (Wildman–Crippen LogP) is 1.93. The Hall–Kier alpha value is -2.47. The fraction of sp³-hybridized carbons (Fsp3) is 0.176. The Morgan fingerprint density at radius 2 is 1.48 bits per heavy atom. The average Bonchev–Trinajstić information content (AvgIpc) is 2.84. The summed E-state index contributed by atoms with van der Waals surface area (Å²) in [5, 5.41) is -1.31. The number of benzene rings is 2. The van der Waals surface area contributed by atoms with Crippen LogP contribution in [0.3, 0.4) is 0 Å². The number of hydrogen-bond acceptors (Lipinski definition) is 4. The van der Waals surface area contributed by atoms with E-state index in [1.165, 1.54) is 0 Å². The number of sulfone groups is 1. The molecule has 2 amide bonds. The largest absolute Gasteiger partial charge is 0.274 e. The number of imide groups is 1. The molecule has 0 aromatic heterocycles. The molecule has 0 aliphatic carbocycles. The fourth-order valence-electron chi connectivity index (χ4n) is 2.64. The molecule has 1 unspecified atom stereocenters. The number of carbonyl (C=O) groups is 2. The second-order valence-corrected chi connectivity index (χ2v) is 7.57. The minimum atomic E-state index is -3.75. The average molecular weight is 329 g/mol. The molecule has 1 heterocycles. The van der Waals surface area contributed by atoms with Gasteiger partial charge in [0.1, 0.15) is 5.25 Å². The number of para-hydroxylation sites is 1. The zero-order valence-corrected chi connectivity index (χ0v) is 13.1. The van der Waals surface area contributed by atoms with Gasteiger partial charge in [-0.15, -0.1) is 0 Å². The molecule has 1 saturated heterocycles. The lowest BCUT2D eigenvalue weighted by Gasteiger charge is -2.15. The third-order valence-electron chi connectivity index (χ3n) is 3.76. The Balaban J connectivity index is 1.87. The Bertz CT molecular complexity index is 831. The maximum absolute atomic E-state index is 12.5. The SMILES string of the molecule is O=C1CC(S(=O)(=O)Cc2ccccc2)C(=O)N1c1ccccc1. The van der Waals surface area contributed by atoms with Gasteiger partial charge in [0.25, 0.3) is 5.91 Å². The summed E-state index contributed by atoms with van der Waals surface area (Å²) in [7, 11) is -3.75. The normalized spacial score (nSPS) is 18.4. The topological polar surface area (TPSA) is 71.5 Å². The van der Waals surface area contributed by atoms with E-state index in [4.69, 9.17) is 0 Å². The van der Waals surface area contributed by atoms with Gasteiger partial charge in [0, 0.05) is 0 Å². The van der Waals surface area contributed by atoms with Crippen molar-refractivity contribution in [1.29, 1.82) is 0 Å². The van der Waals surface area contributed by atoms with E-state index in [1.54, 1.807) is 60.7 Å². The molecular weight excluding hydrogens is 314 g/mol. The Morgan fingerprint density at radius 1 is 0.913 bits per heavy atom. The van der Waals surface area contributed by atoms with Crippen LogP contribution in [0, 0.1) is 0 Å². The van der Waals surface area contributed by atoms with Crippen LogP contribution in [0.25, 0.3) is 0 Å². The van der Waals surface area contributed by atoms with Crippen molar-refractivity contribution < 1.29 is 18.0 Å². The molecule has 118 valence electrons. The lowest BCUT2D eigenvalue weighted by atomic mass is 10.2. The molecule has 0 radical (unpaired) electrons. The summed E-state index contributed by atoms with van der Waals surface area (Å²) in [6.07, 6.45) is -0.303. The van der Waals surface area contributed by atoms with Crippen LogP contribution in [-0.4, -0.2) is 25.5 Å². The molecule has 2 aromatic rings. The molecule has 2 aromatic carbocycles. The first-order chi connectivity index (χ1) is 11.0. The van der Waals surface area contributed by atoms with Crippen molar-refractivity contribution >= 4 is 27.3 Å². The molecule has 5 nitrogen and oxygen atoms in total. The lowest BCUT2D eigenvalue weighted by molar-refractivity contribution is -0.121. The van der Waals surface area contributed by atoms with Crippen LogP contribution in [0.1, 0.15) is 12.0 Å². The van der Waals surface area contributed by atoms with Crippen molar-refractivity contribution in [3.05, 3.63) is 66.2 Å². The van der Waals surface area contributed by atoms with Crippen molar-refractivity contribution in [2.45, 2.75) is 17.4 Å². The van der Waals surface area contributed by atoms with Gasteiger partial charge < -0.3 is 0 Å². The Labute approximate surface area is 134 Å². The van der Waals surface area contributed by atoms with Gasteiger partial charge >= 0.3 is 0 Å². The summed E-state index contributed by atoms with van der Waals surface area (Å²) in [6, 6.07) is 17.0. The first-order valence-corrected chi connectivity index (χ1v) is 8.88. The van der Waals surface area contributed by atoms with Crippen LogP contribution in [0.5, 0.6) is 0 Å². The van der Waals surface area contributed by atoms with Gasteiger partial charge in [-0.05, 0) is 17.7 Å². The maximum Gasteiger partial charge on any atom is 0.252 e. The molecular formula is C17H15NO4S. The van der Waals surface area contributed by atoms with E-state index >= 15 is 0 Å². The Morgan fingerprint density at radius 3 is 2.09 bits per heavy atom. The molecule has 1 aliphatic heterocycles. The molecule has 0 spiro atoms. The number of amides is 2. The monoisotopic (exact) mass is 329 g/mol. The van der Waals surface area contributed by atoms with Gasteiger partial charge in [-0.25, -0.2) is 13.3 Å². The number of hydrogen-bond donors (Lipinski definition) is 0. The Kier molecular flexibility index (Phi) is 4.00. The van der Waals surface area contributed by atoms with E-state index in [0.29, 0.717) is 11.3 Å². The number of anilines is 1. The van der Waals surface area contributed by atoms with Gasteiger partial charge in [-0.1, -0.05) is 48.5 Å². The summed E-state index contributed by atoms with van der Waals surface area (Å²) in [5.74, 6) is -1.40. The predicted molar refractivity (Wildman–Crippen MR) is 86.4 cm³/mol. The quantitative estimate of drug-likeness (QED) is 0.804.